The molecule has 0 aliphatic heterocycles. The molecule has 0 unspecified atom stereocenters. The predicted octanol–water partition coefficient (Wildman–Crippen LogP) is 5.33. The minimum Gasteiger partial charge on any atom is -0.407 e. The van der Waals surface area contributed by atoms with Crippen LogP contribution >= 0.6 is 31.9 Å². The lowest BCUT2D eigenvalue weighted by Gasteiger charge is -2.43. The number of hydrogen-bond acceptors (Lipinski definition) is 3. The zero-order chi connectivity index (χ0) is 21.1. The van der Waals surface area contributed by atoms with E-state index in [1.807, 2.05) is 0 Å². The van der Waals surface area contributed by atoms with Crippen LogP contribution in [-0.2, 0) is 4.43 Å². The fraction of sp³-hybridized carbons (Fsp3) is 0.364. The molecule has 0 spiro atoms. The molecule has 0 fully saturated rings. The van der Waals surface area contributed by atoms with Gasteiger partial charge in [-0.05, 0) is 60.6 Å². The fourth-order valence-corrected chi connectivity index (χ4v) is 8.80. The van der Waals surface area contributed by atoms with Gasteiger partial charge in [0.1, 0.15) is 0 Å². The molecule has 0 aliphatic carbocycles. The Balaban J connectivity index is 1.91. The molecule has 29 heavy (non-hydrogen) atoms. The van der Waals surface area contributed by atoms with Crippen LogP contribution < -0.4 is 10.4 Å². The van der Waals surface area contributed by atoms with Crippen LogP contribution in [0.1, 0.15) is 40.2 Å². The van der Waals surface area contributed by atoms with Gasteiger partial charge in [-0.1, -0.05) is 81.4 Å². The molecular formula is C22H27Br2N3OSi. The highest BCUT2D eigenvalue weighted by Gasteiger charge is 2.50. The normalized spacial score (nSPS) is 13.4. The molecule has 0 aliphatic rings. The third kappa shape index (κ3) is 4.73. The molecule has 154 valence electrons. The van der Waals surface area contributed by atoms with Gasteiger partial charge in [-0.3, -0.25) is 0 Å². The Labute approximate surface area is 191 Å². The molecule has 1 heterocycles. The van der Waals surface area contributed by atoms with E-state index in [4.69, 9.17) is 4.43 Å². The number of benzene rings is 2. The van der Waals surface area contributed by atoms with E-state index in [9.17, 15) is 0 Å². The molecule has 7 heteroatoms. The van der Waals surface area contributed by atoms with Crippen LogP contribution in [-0.4, -0.2) is 29.9 Å². The predicted molar refractivity (Wildman–Crippen MR) is 128 cm³/mol. The Kier molecular flexibility index (Phi) is 7.14. The average molecular weight is 537 g/mol. The third-order valence-corrected chi connectivity index (χ3v) is 11.9. The van der Waals surface area contributed by atoms with Crippen LogP contribution in [0.5, 0.6) is 0 Å². The SMILES string of the molecule is C[C@@H](CCO[Si](c1ccccc1)(c1ccccc1)C(C)(C)C)n1nc(Br)c(Br)n1. The average Bonchev–Trinajstić information content (AvgIpc) is 3.04. The van der Waals surface area contributed by atoms with Gasteiger partial charge in [0.2, 0.25) is 0 Å². The summed E-state index contributed by atoms with van der Waals surface area (Å²) >= 11 is 6.81. The van der Waals surface area contributed by atoms with Crippen molar-refractivity contribution in [2.24, 2.45) is 0 Å². The number of aromatic nitrogens is 3. The van der Waals surface area contributed by atoms with Gasteiger partial charge in [0.15, 0.2) is 9.21 Å². The minimum absolute atomic E-state index is 0.0189. The first-order chi connectivity index (χ1) is 13.8. The van der Waals surface area contributed by atoms with E-state index in [2.05, 4.69) is 130 Å². The van der Waals surface area contributed by atoms with E-state index < -0.39 is 8.32 Å². The molecule has 1 atom stereocenters. The van der Waals surface area contributed by atoms with E-state index in [-0.39, 0.29) is 11.1 Å². The van der Waals surface area contributed by atoms with Crippen LogP contribution in [0.4, 0.5) is 0 Å². The maximum absolute atomic E-state index is 6.94. The lowest BCUT2D eigenvalue weighted by molar-refractivity contribution is 0.255. The van der Waals surface area contributed by atoms with E-state index in [0.717, 1.165) is 15.6 Å². The summed E-state index contributed by atoms with van der Waals surface area (Å²) < 4.78 is 8.38. The minimum atomic E-state index is -2.49. The summed E-state index contributed by atoms with van der Waals surface area (Å²) in [5.41, 5.74) is 0. The first-order valence-corrected chi connectivity index (χ1v) is 13.3. The highest BCUT2D eigenvalue weighted by Crippen LogP contribution is 2.37. The Bertz CT molecular complexity index is 867. The van der Waals surface area contributed by atoms with Crippen LogP contribution in [0.3, 0.4) is 0 Å². The molecule has 0 amide bonds. The van der Waals surface area contributed by atoms with Crippen molar-refractivity contribution in [1.82, 2.24) is 15.0 Å². The standard InChI is InChI=1S/C22H27Br2N3OSi/c1-17(27-25-20(23)21(24)26-27)15-16-28-29(22(2,3)4,18-11-7-5-8-12-18)19-13-9-6-10-14-19/h5-14,17H,15-16H2,1-4H3/t17-/m0/s1. The number of halogens is 2. The topological polar surface area (TPSA) is 39.9 Å². The molecular weight excluding hydrogens is 510 g/mol. The largest absolute Gasteiger partial charge is 0.407 e. The smallest absolute Gasteiger partial charge is 0.261 e. The van der Waals surface area contributed by atoms with Crippen molar-refractivity contribution in [3.05, 3.63) is 69.9 Å². The van der Waals surface area contributed by atoms with Crippen LogP contribution in [0, 0.1) is 0 Å². The molecule has 0 radical (unpaired) electrons. The maximum atomic E-state index is 6.94. The van der Waals surface area contributed by atoms with E-state index in [0.29, 0.717) is 6.61 Å². The molecule has 0 N–H and O–H groups in total. The second kappa shape index (κ2) is 9.25. The summed E-state index contributed by atoms with van der Waals surface area (Å²) in [6.07, 6.45) is 0.831. The van der Waals surface area contributed by atoms with Crippen molar-refractivity contribution in [1.29, 1.82) is 0 Å². The van der Waals surface area contributed by atoms with Gasteiger partial charge in [0, 0.05) is 6.61 Å². The van der Waals surface area contributed by atoms with Crippen molar-refractivity contribution in [3.63, 3.8) is 0 Å². The molecule has 3 rings (SSSR count). The molecule has 1 aromatic heterocycles. The van der Waals surface area contributed by atoms with Crippen molar-refractivity contribution < 1.29 is 4.43 Å². The Morgan fingerprint density at radius 2 is 1.34 bits per heavy atom. The van der Waals surface area contributed by atoms with Gasteiger partial charge in [0.05, 0.1) is 6.04 Å². The highest BCUT2D eigenvalue weighted by molar-refractivity contribution is 9.13. The van der Waals surface area contributed by atoms with Gasteiger partial charge in [-0.25, -0.2) is 0 Å². The van der Waals surface area contributed by atoms with Gasteiger partial charge >= 0.3 is 0 Å². The van der Waals surface area contributed by atoms with Crippen molar-refractivity contribution in [3.8, 4) is 0 Å². The van der Waals surface area contributed by atoms with Crippen LogP contribution in [0.2, 0.25) is 5.04 Å². The molecule has 0 saturated carbocycles. The van der Waals surface area contributed by atoms with Crippen molar-refractivity contribution in [2.75, 3.05) is 6.61 Å². The monoisotopic (exact) mass is 535 g/mol. The molecule has 4 nitrogen and oxygen atoms in total. The summed E-state index contributed by atoms with van der Waals surface area (Å²) in [6, 6.07) is 21.6. The van der Waals surface area contributed by atoms with E-state index >= 15 is 0 Å². The van der Waals surface area contributed by atoms with Gasteiger partial charge < -0.3 is 4.43 Å². The second-order valence-corrected chi connectivity index (χ2v) is 14.1. The Morgan fingerprint density at radius 3 is 1.76 bits per heavy atom. The number of hydrogen-bond donors (Lipinski definition) is 0. The zero-order valence-electron chi connectivity index (χ0n) is 17.3. The van der Waals surface area contributed by atoms with Gasteiger partial charge in [-0.2, -0.15) is 4.80 Å². The van der Waals surface area contributed by atoms with Gasteiger partial charge in [-0.15, -0.1) is 10.2 Å². The summed E-state index contributed by atoms with van der Waals surface area (Å²) in [7, 11) is -2.49. The lowest BCUT2D eigenvalue weighted by Crippen LogP contribution is -2.66. The Hall–Kier alpha value is -1.28. The third-order valence-electron chi connectivity index (χ3n) is 5.22. The summed E-state index contributed by atoms with van der Waals surface area (Å²) in [5, 5.41) is 11.4. The first kappa shape index (κ1) is 22.4. The second-order valence-electron chi connectivity index (χ2n) is 8.25. The maximum Gasteiger partial charge on any atom is 0.261 e. The summed E-state index contributed by atoms with van der Waals surface area (Å²) in [4.78, 5) is 1.74. The lowest BCUT2D eigenvalue weighted by atomic mass is 10.2. The van der Waals surface area contributed by atoms with E-state index in [1.165, 1.54) is 10.4 Å². The molecule has 3 aromatic rings. The van der Waals surface area contributed by atoms with Crippen molar-refractivity contribution in [2.45, 2.75) is 45.2 Å². The zero-order valence-corrected chi connectivity index (χ0v) is 21.4. The summed E-state index contributed by atoms with van der Waals surface area (Å²) in [5.74, 6) is 0. The quantitative estimate of drug-likeness (QED) is 0.383. The van der Waals surface area contributed by atoms with Crippen LogP contribution in [0.25, 0.3) is 0 Å². The molecule has 0 bridgehead atoms. The number of nitrogens with zero attached hydrogens (tertiary/aromatic N) is 3. The molecule has 2 aromatic carbocycles. The van der Waals surface area contributed by atoms with E-state index in [1.54, 1.807) is 4.80 Å². The first-order valence-electron chi connectivity index (χ1n) is 9.78. The Morgan fingerprint density at radius 1 is 0.897 bits per heavy atom. The van der Waals surface area contributed by atoms with Crippen molar-refractivity contribution >= 4 is 50.6 Å². The number of rotatable bonds is 7. The van der Waals surface area contributed by atoms with Crippen LogP contribution in [0.15, 0.2) is 69.9 Å². The summed E-state index contributed by atoms with van der Waals surface area (Å²) in [6.45, 7) is 9.66. The molecule has 0 saturated heterocycles. The highest BCUT2D eigenvalue weighted by atomic mass is 79.9. The fourth-order valence-electron chi connectivity index (χ4n) is 3.74. The van der Waals surface area contributed by atoms with Gasteiger partial charge in [0.25, 0.3) is 8.32 Å².